The van der Waals surface area contributed by atoms with Crippen molar-refractivity contribution < 1.29 is 9.53 Å². The van der Waals surface area contributed by atoms with E-state index in [-0.39, 0.29) is 23.6 Å². The summed E-state index contributed by atoms with van der Waals surface area (Å²) >= 11 is 1.36. The monoisotopic (exact) mass is 507 g/mol. The number of carbonyl (C=O) groups excluding carboxylic acids is 1. The highest BCUT2D eigenvalue weighted by Gasteiger charge is 2.29. The fraction of sp³-hybridized carbons (Fsp3) is 0.480. The molecule has 0 spiro atoms. The van der Waals surface area contributed by atoms with E-state index >= 15 is 0 Å². The molecule has 2 saturated heterocycles. The van der Waals surface area contributed by atoms with Gasteiger partial charge in [0.05, 0.1) is 34.4 Å². The second kappa shape index (κ2) is 9.38. The van der Waals surface area contributed by atoms with Gasteiger partial charge < -0.3 is 14.6 Å². The van der Waals surface area contributed by atoms with Crippen molar-refractivity contribution in [2.24, 2.45) is 0 Å². The van der Waals surface area contributed by atoms with Crippen molar-refractivity contribution in [3.63, 3.8) is 0 Å². The third kappa shape index (κ3) is 4.10. The molecule has 1 N–H and O–H groups in total. The lowest BCUT2D eigenvalue weighted by Gasteiger charge is -2.39. The van der Waals surface area contributed by atoms with Crippen molar-refractivity contribution in [3.05, 3.63) is 50.9 Å². The molecule has 3 aromatic heterocycles. The number of fused-ring (bicyclic) bond motifs is 3. The number of aromatic amines is 1. The summed E-state index contributed by atoms with van der Waals surface area (Å²) < 4.78 is 11.5. The number of H-pyrrole nitrogens is 1. The van der Waals surface area contributed by atoms with Crippen LogP contribution < -0.4 is 5.56 Å². The highest BCUT2D eigenvalue weighted by molar-refractivity contribution is 7.03. The first-order valence-corrected chi connectivity index (χ1v) is 13.2. The zero-order chi connectivity index (χ0) is 24.8. The summed E-state index contributed by atoms with van der Waals surface area (Å²) in [6.07, 6.45) is 3.34. The minimum atomic E-state index is -0.158. The lowest BCUT2D eigenvalue weighted by molar-refractivity contribution is 0.0491. The second-order valence-corrected chi connectivity index (χ2v) is 10.4. The molecule has 10 nitrogen and oxygen atoms in total. The van der Waals surface area contributed by atoms with Gasteiger partial charge >= 0.3 is 0 Å². The lowest BCUT2D eigenvalue weighted by Crippen LogP contribution is -2.53. The summed E-state index contributed by atoms with van der Waals surface area (Å²) in [5.74, 6) is 0.0210. The van der Waals surface area contributed by atoms with E-state index in [1.165, 1.54) is 11.5 Å². The predicted molar refractivity (Wildman–Crippen MR) is 137 cm³/mol. The molecule has 1 atom stereocenters. The molecule has 4 aromatic rings. The zero-order valence-electron chi connectivity index (χ0n) is 20.4. The summed E-state index contributed by atoms with van der Waals surface area (Å²) in [6.45, 7) is 8.26. The SMILES string of the molecule is Cc1cc2[nH]c(=O)c3cnn(C4CCOCC4)c3c2cc1C(=O)N1CCN(Cc2csnn2)[C@@H](C)C1. The van der Waals surface area contributed by atoms with E-state index < -0.39 is 0 Å². The molecule has 0 bridgehead atoms. The summed E-state index contributed by atoms with van der Waals surface area (Å²) in [6, 6.07) is 4.24. The van der Waals surface area contributed by atoms with E-state index in [0.29, 0.717) is 37.3 Å². The minimum absolute atomic E-state index is 0.0210. The molecule has 6 rings (SSSR count). The highest BCUT2D eigenvalue weighted by Crippen LogP contribution is 2.30. The summed E-state index contributed by atoms with van der Waals surface area (Å²) in [5, 5.41) is 12.1. The van der Waals surface area contributed by atoms with Crippen LogP contribution in [0, 0.1) is 6.92 Å². The topological polar surface area (TPSA) is 109 Å². The molecular formula is C25H29N7O3S. The number of pyridine rings is 1. The zero-order valence-corrected chi connectivity index (χ0v) is 21.3. The van der Waals surface area contributed by atoms with E-state index in [1.54, 1.807) is 6.20 Å². The van der Waals surface area contributed by atoms with Crippen LogP contribution in [0.2, 0.25) is 0 Å². The lowest BCUT2D eigenvalue weighted by atomic mass is 10.0. The van der Waals surface area contributed by atoms with E-state index in [0.717, 1.165) is 53.6 Å². The normalized spacial score (nSPS) is 19.9. The molecule has 0 aliphatic carbocycles. The number of aryl methyl sites for hydroxylation is 1. The summed E-state index contributed by atoms with van der Waals surface area (Å²) in [7, 11) is 0. The Labute approximate surface area is 212 Å². The molecule has 0 radical (unpaired) electrons. The minimum Gasteiger partial charge on any atom is -0.381 e. The number of carbonyl (C=O) groups is 1. The van der Waals surface area contributed by atoms with Crippen LogP contribution in [0.15, 0.2) is 28.5 Å². The van der Waals surface area contributed by atoms with Crippen LogP contribution in [0.4, 0.5) is 0 Å². The number of nitrogens with one attached hydrogen (secondary N) is 1. The Morgan fingerprint density at radius 1 is 1.22 bits per heavy atom. The van der Waals surface area contributed by atoms with Gasteiger partial charge in [0.25, 0.3) is 11.5 Å². The molecule has 1 amide bonds. The van der Waals surface area contributed by atoms with Gasteiger partial charge in [-0.05, 0) is 55.9 Å². The first-order valence-electron chi connectivity index (χ1n) is 12.4. The number of piperazine rings is 1. The fourth-order valence-electron chi connectivity index (χ4n) is 5.48. The molecule has 36 heavy (non-hydrogen) atoms. The first-order chi connectivity index (χ1) is 17.5. The summed E-state index contributed by atoms with van der Waals surface area (Å²) in [4.78, 5) is 33.8. The number of ether oxygens (including phenoxy) is 1. The van der Waals surface area contributed by atoms with Crippen molar-refractivity contribution in [2.75, 3.05) is 32.8 Å². The number of amides is 1. The van der Waals surface area contributed by atoms with Gasteiger partial charge in [0.2, 0.25) is 0 Å². The maximum Gasteiger partial charge on any atom is 0.259 e. The Morgan fingerprint density at radius 2 is 2.06 bits per heavy atom. The number of benzene rings is 1. The Kier molecular flexibility index (Phi) is 6.06. The van der Waals surface area contributed by atoms with Gasteiger partial charge in [0.1, 0.15) is 0 Å². The van der Waals surface area contributed by atoms with Crippen molar-refractivity contribution in [2.45, 2.75) is 45.3 Å². The Morgan fingerprint density at radius 3 is 2.81 bits per heavy atom. The van der Waals surface area contributed by atoms with Crippen LogP contribution in [-0.4, -0.2) is 78.9 Å². The van der Waals surface area contributed by atoms with E-state index in [4.69, 9.17) is 4.74 Å². The molecule has 0 saturated carbocycles. The van der Waals surface area contributed by atoms with Gasteiger partial charge in [-0.1, -0.05) is 4.49 Å². The quantitative estimate of drug-likeness (QED) is 0.452. The van der Waals surface area contributed by atoms with Crippen LogP contribution in [0.3, 0.4) is 0 Å². The smallest absolute Gasteiger partial charge is 0.259 e. The van der Waals surface area contributed by atoms with Gasteiger partial charge in [-0.2, -0.15) is 5.10 Å². The number of aromatic nitrogens is 5. The Balaban J connectivity index is 1.34. The average molecular weight is 508 g/mol. The molecule has 5 heterocycles. The van der Waals surface area contributed by atoms with Crippen LogP contribution in [0.25, 0.3) is 21.8 Å². The van der Waals surface area contributed by atoms with Crippen LogP contribution in [0.5, 0.6) is 0 Å². The van der Waals surface area contributed by atoms with Gasteiger partial charge in [-0.25, -0.2) is 0 Å². The third-order valence-corrected chi connectivity index (χ3v) is 8.05. The number of rotatable bonds is 4. The molecular weight excluding hydrogens is 478 g/mol. The van der Waals surface area contributed by atoms with Gasteiger partial charge in [-0.3, -0.25) is 19.2 Å². The Hall–Kier alpha value is -3.15. The molecule has 1 aromatic carbocycles. The molecule has 2 aliphatic rings. The molecule has 0 unspecified atom stereocenters. The predicted octanol–water partition coefficient (Wildman–Crippen LogP) is 2.74. The van der Waals surface area contributed by atoms with Crippen LogP contribution >= 0.6 is 11.5 Å². The number of hydrogen-bond acceptors (Lipinski definition) is 8. The largest absolute Gasteiger partial charge is 0.381 e. The fourth-order valence-corrected chi connectivity index (χ4v) is 5.92. The first kappa shape index (κ1) is 23.3. The van der Waals surface area contributed by atoms with Crippen molar-refractivity contribution in [1.82, 2.24) is 34.2 Å². The van der Waals surface area contributed by atoms with Gasteiger partial charge in [-0.15, -0.1) is 5.10 Å². The molecule has 2 aliphatic heterocycles. The van der Waals surface area contributed by atoms with Crippen molar-refractivity contribution >= 4 is 39.2 Å². The van der Waals surface area contributed by atoms with Crippen molar-refractivity contribution in [3.8, 4) is 0 Å². The molecule has 11 heteroatoms. The van der Waals surface area contributed by atoms with E-state index in [2.05, 4.69) is 31.5 Å². The molecule has 2 fully saturated rings. The van der Waals surface area contributed by atoms with E-state index in [1.807, 2.05) is 34.0 Å². The van der Waals surface area contributed by atoms with Crippen molar-refractivity contribution in [1.29, 1.82) is 0 Å². The van der Waals surface area contributed by atoms with E-state index in [9.17, 15) is 9.59 Å². The maximum atomic E-state index is 13.7. The van der Waals surface area contributed by atoms with Crippen LogP contribution in [0.1, 0.15) is 47.4 Å². The Bertz CT molecular complexity index is 1470. The maximum absolute atomic E-state index is 13.7. The highest BCUT2D eigenvalue weighted by atomic mass is 32.1. The number of nitrogens with zero attached hydrogens (tertiary/aromatic N) is 6. The van der Waals surface area contributed by atoms with Gasteiger partial charge in [0, 0.05) is 61.8 Å². The molecule has 188 valence electrons. The second-order valence-electron chi connectivity index (χ2n) is 9.83. The number of hydrogen-bond donors (Lipinski definition) is 1. The third-order valence-electron chi connectivity index (χ3n) is 7.50. The van der Waals surface area contributed by atoms with Crippen LogP contribution in [-0.2, 0) is 11.3 Å². The standard InChI is InChI=1S/C25H29N7O3S/c1-15-9-22-20(23-21(24(33)27-22)11-26-32(23)18-3-7-35-8-4-18)10-19(15)25(34)31-6-5-30(16(2)12-31)13-17-14-36-29-28-17/h9-11,14,16,18H,3-8,12-13H2,1-2H3,(H,27,33)/t16-/m0/s1. The average Bonchev–Trinajstić information content (AvgIpc) is 3.56. The summed E-state index contributed by atoms with van der Waals surface area (Å²) in [5.41, 5.74) is 3.85. The van der Waals surface area contributed by atoms with Gasteiger partial charge in [0.15, 0.2) is 0 Å².